The summed E-state index contributed by atoms with van der Waals surface area (Å²) in [6.45, 7) is 2.92. The van der Waals surface area contributed by atoms with Gasteiger partial charge in [0, 0.05) is 36.2 Å². The number of nitrogens with zero attached hydrogens (tertiary/aromatic N) is 2. The molecule has 26 heavy (non-hydrogen) atoms. The number of carbonyl (C=O) groups is 1. The lowest BCUT2D eigenvalue weighted by Gasteiger charge is -2.27. The molecule has 144 valence electrons. The van der Waals surface area contributed by atoms with Gasteiger partial charge in [-0.2, -0.15) is 4.31 Å². The monoisotopic (exact) mass is 444 g/mol. The van der Waals surface area contributed by atoms with E-state index in [1.54, 1.807) is 12.1 Å². The molecule has 2 fully saturated rings. The van der Waals surface area contributed by atoms with E-state index in [1.165, 1.54) is 16.8 Å². The van der Waals surface area contributed by atoms with Crippen LogP contribution >= 0.6 is 15.9 Å². The third-order valence-corrected chi connectivity index (χ3v) is 7.80. The molecule has 0 aliphatic carbocycles. The van der Waals surface area contributed by atoms with Crippen LogP contribution < -0.4 is 0 Å². The number of likely N-dealkylation sites (tertiary alicyclic amines) is 1. The number of hydrogen-bond acceptors (Lipinski definition) is 4. The highest BCUT2D eigenvalue weighted by atomic mass is 79.9. The number of carbonyl (C=O) groups excluding carboxylic acids is 1. The number of halogens is 1. The van der Waals surface area contributed by atoms with Crippen molar-refractivity contribution in [3.05, 3.63) is 28.2 Å². The van der Waals surface area contributed by atoms with Crippen LogP contribution in [-0.4, -0.2) is 62.9 Å². The van der Waals surface area contributed by atoms with Gasteiger partial charge in [-0.25, -0.2) is 8.42 Å². The quantitative estimate of drug-likeness (QED) is 0.718. The molecule has 1 amide bonds. The van der Waals surface area contributed by atoms with Crippen molar-refractivity contribution in [3.63, 3.8) is 0 Å². The van der Waals surface area contributed by atoms with E-state index < -0.39 is 10.0 Å². The van der Waals surface area contributed by atoms with E-state index in [4.69, 9.17) is 4.74 Å². The summed E-state index contributed by atoms with van der Waals surface area (Å²) in [5.41, 5.74) is 0.431. The first-order chi connectivity index (χ1) is 12.5. The van der Waals surface area contributed by atoms with Gasteiger partial charge in [0.1, 0.15) is 0 Å². The van der Waals surface area contributed by atoms with Gasteiger partial charge in [-0.1, -0.05) is 19.3 Å². The van der Waals surface area contributed by atoms with Gasteiger partial charge < -0.3 is 9.64 Å². The predicted molar refractivity (Wildman–Crippen MR) is 103 cm³/mol. The Kier molecular flexibility index (Phi) is 6.71. The Hall–Kier alpha value is -0.960. The minimum atomic E-state index is -3.66. The minimum Gasteiger partial charge on any atom is -0.379 e. The first-order valence-electron chi connectivity index (χ1n) is 9.17. The molecule has 0 spiro atoms. The fourth-order valence-corrected chi connectivity index (χ4v) is 5.75. The lowest BCUT2D eigenvalue weighted by molar-refractivity contribution is 0.0728. The van der Waals surface area contributed by atoms with Gasteiger partial charge in [0.2, 0.25) is 10.0 Å². The summed E-state index contributed by atoms with van der Waals surface area (Å²) in [6, 6.07) is 4.87. The van der Waals surface area contributed by atoms with Crippen molar-refractivity contribution in [2.24, 2.45) is 0 Å². The third kappa shape index (κ3) is 4.47. The van der Waals surface area contributed by atoms with Gasteiger partial charge in [-0.3, -0.25) is 4.79 Å². The molecule has 2 heterocycles. The second-order valence-electron chi connectivity index (χ2n) is 6.72. The lowest BCUT2D eigenvalue weighted by atomic mass is 10.1. The Morgan fingerprint density at radius 2 is 1.58 bits per heavy atom. The summed E-state index contributed by atoms with van der Waals surface area (Å²) in [6.07, 6.45) is 5.51. The first kappa shape index (κ1) is 19.8. The zero-order valence-corrected chi connectivity index (χ0v) is 17.2. The average molecular weight is 445 g/mol. The molecule has 3 rings (SSSR count). The zero-order valence-electron chi connectivity index (χ0n) is 14.8. The fraction of sp³-hybridized carbons (Fsp3) is 0.611. The molecule has 1 aromatic rings. The van der Waals surface area contributed by atoms with E-state index in [-0.39, 0.29) is 10.8 Å². The van der Waals surface area contributed by atoms with E-state index in [0.717, 1.165) is 38.8 Å². The molecule has 0 aromatic heterocycles. The number of ether oxygens (including phenoxy) is 1. The molecule has 0 unspecified atom stereocenters. The second kappa shape index (κ2) is 8.82. The smallest absolute Gasteiger partial charge is 0.253 e. The van der Waals surface area contributed by atoms with Crippen LogP contribution in [0.25, 0.3) is 0 Å². The summed E-state index contributed by atoms with van der Waals surface area (Å²) < 4.78 is 33.1. The Morgan fingerprint density at radius 3 is 2.23 bits per heavy atom. The standard InChI is InChI=1S/C18H25BrN2O4S/c19-16-7-6-15(18(22)20-8-4-2-1-3-5-9-20)14-17(16)26(23,24)21-10-12-25-13-11-21/h6-7,14H,1-5,8-13H2. The number of benzene rings is 1. The van der Waals surface area contributed by atoms with Crippen LogP contribution in [0.5, 0.6) is 0 Å². The maximum Gasteiger partial charge on any atom is 0.253 e. The highest BCUT2D eigenvalue weighted by molar-refractivity contribution is 9.10. The van der Waals surface area contributed by atoms with Crippen LogP contribution in [0, 0.1) is 0 Å². The van der Waals surface area contributed by atoms with Crippen molar-refractivity contribution in [1.29, 1.82) is 0 Å². The lowest BCUT2D eigenvalue weighted by Crippen LogP contribution is -2.40. The first-order valence-corrected chi connectivity index (χ1v) is 11.4. The molecule has 8 heteroatoms. The molecule has 2 aliphatic rings. The SMILES string of the molecule is O=C(c1ccc(Br)c(S(=O)(=O)N2CCOCC2)c1)N1CCCCCCC1. The number of sulfonamides is 1. The number of hydrogen-bond donors (Lipinski definition) is 0. The number of amides is 1. The molecule has 6 nitrogen and oxygen atoms in total. The van der Waals surface area contributed by atoms with Gasteiger partial charge in [0.05, 0.1) is 18.1 Å². The Morgan fingerprint density at radius 1 is 0.962 bits per heavy atom. The molecule has 1 aromatic carbocycles. The van der Waals surface area contributed by atoms with Crippen LogP contribution in [0.4, 0.5) is 0 Å². The van der Waals surface area contributed by atoms with E-state index in [9.17, 15) is 13.2 Å². The Bertz CT molecular complexity index is 740. The van der Waals surface area contributed by atoms with Crippen molar-refractivity contribution in [1.82, 2.24) is 9.21 Å². The molecular formula is C18H25BrN2O4S. The molecule has 0 radical (unpaired) electrons. The van der Waals surface area contributed by atoms with Gasteiger partial charge in [0.15, 0.2) is 0 Å². The van der Waals surface area contributed by atoms with Crippen LogP contribution in [0.15, 0.2) is 27.6 Å². The van der Waals surface area contributed by atoms with Crippen LogP contribution in [0.2, 0.25) is 0 Å². The fourth-order valence-electron chi connectivity index (χ4n) is 3.39. The summed E-state index contributed by atoms with van der Waals surface area (Å²) in [5, 5.41) is 0. The van der Waals surface area contributed by atoms with E-state index in [2.05, 4.69) is 15.9 Å². The molecule has 0 atom stereocenters. The number of morpholine rings is 1. The van der Waals surface area contributed by atoms with Crippen molar-refractivity contribution in [2.45, 2.75) is 37.0 Å². The van der Waals surface area contributed by atoms with E-state index in [1.807, 2.05) is 4.90 Å². The molecular weight excluding hydrogens is 420 g/mol. The Labute approximate surface area is 163 Å². The van der Waals surface area contributed by atoms with Gasteiger partial charge >= 0.3 is 0 Å². The summed E-state index contributed by atoms with van der Waals surface area (Å²) in [7, 11) is -3.66. The maximum atomic E-state index is 13.0. The highest BCUT2D eigenvalue weighted by Gasteiger charge is 2.29. The van der Waals surface area contributed by atoms with Crippen molar-refractivity contribution >= 4 is 31.9 Å². The van der Waals surface area contributed by atoms with Crippen molar-refractivity contribution < 1.29 is 17.9 Å². The van der Waals surface area contributed by atoms with Crippen LogP contribution in [-0.2, 0) is 14.8 Å². The third-order valence-electron chi connectivity index (χ3n) is 4.91. The predicted octanol–water partition coefficient (Wildman–Crippen LogP) is 2.88. The second-order valence-corrected chi connectivity index (χ2v) is 9.48. The normalized spacial score (nSPS) is 20.4. The maximum absolute atomic E-state index is 13.0. The minimum absolute atomic E-state index is 0.0853. The average Bonchev–Trinajstić information content (AvgIpc) is 2.62. The van der Waals surface area contributed by atoms with Crippen molar-refractivity contribution in [2.75, 3.05) is 39.4 Å². The molecule has 2 aliphatic heterocycles. The topological polar surface area (TPSA) is 66.9 Å². The molecule has 2 saturated heterocycles. The van der Waals surface area contributed by atoms with Crippen LogP contribution in [0.3, 0.4) is 0 Å². The summed E-state index contributed by atoms with van der Waals surface area (Å²) in [5.74, 6) is -0.0853. The van der Waals surface area contributed by atoms with Gasteiger partial charge in [0.25, 0.3) is 5.91 Å². The summed E-state index contributed by atoms with van der Waals surface area (Å²) in [4.78, 5) is 14.9. The zero-order chi connectivity index (χ0) is 18.6. The Balaban J connectivity index is 1.85. The van der Waals surface area contributed by atoms with Crippen LogP contribution in [0.1, 0.15) is 42.5 Å². The molecule has 0 saturated carbocycles. The van der Waals surface area contributed by atoms with E-state index in [0.29, 0.717) is 36.3 Å². The summed E-state index contributed by atoms with van der Waals surface area (Å²) >= 11 is 3.34. The highest BCUT2D eigenvalue weighted by Crippen LogP contribution is 2.27. The van der Waals surface area contributed by atoms with Gasteiger partial charge in [-0.05, 0) is 47.0 Å². The van der Waals surface area contributed by atoms with Gasteiger partial charge in [-0.15, -0.1) is 0 Å². The number of rotatable bonds is 3. The van der Waals surface area contributed by atoms with E-state index >= 15 is 0 Å². The largest absolute Gasteiger partial charge is 0.379 e. The molecule has 0 bridgehead atoms. The van der Waals surface area contributed by atoms with Crippen molar-refractivity contribution in [3.8, 4) is 0 Å². The molecule has 0 N–H and O–H groups in total.